The van der Waals surface area contributed by atoms with E-state index in [1.807, 2.05) is 0 Å². The summed E-state index contributed by atoms with van der Waals surface area (Å²) in [6.45, 7) is 0. The summed E-state index contributed by atoms with van der Waals surface area (Å²) >= 11 is 0.981. The number of hydrogen-bond donors (Lipinski definition) is 0. The van der Waals surface area contributed by atoms with E-state index in [2.05, 4.69) is 4.98 Å². The maximum Gasteiger partial charge on any atom is 0.261 e. The molecule has 0 aliphatic heterocycles. The summed E-state index contributed by atoms with van der Waals surface area (Å²) in [6, 6.07) is 12.0. The van der Waals surface area contributed by atoms with Gasteiger partial charge in [-0.25, -0.2) is 21.8 Å². The van der Waals surface area contributed by atoms with Gasteiger partial charge in [-0.1, -0.05) is 18.2 Å². The molecule has 0 saturated carbocycles. The Balaban J connectivity index is 2.18. The smallest absolute Gasteiger partial charge is 0.225 e. The molecular weight excluding hydrogens is 366 g/mol. The van der Waals surface area contributed by atoms with E-state index in [0.717, 1.165) is 11.3 Å². The maximum absolute atomic E-state index is 12.5. The van der Waals surface area contributed by atoms with Crippen molar-refractivity contribution in [2.24, 2.45) is 0 Å². The summed E-state index contributed by atoms with van der Waals surface area (Å²) in [6.07, 6.45) is 0. The highest BCUT2D eigenvalue weighted by Crippen LogP contribution is 2.31. The molecule has 2 aromatic carbocycles. The number of halogens is 1. The first-order valence-corrected chi connectivity index (χ1v) is 10.5. The molecule has 9 heteroatoms. The van der Waals surface area contributed by atoms with E-state index in [-0.39, 0.29) is 19.6 Å². The number of hydrogen-bond acceptors (Lipinski definition) is 6. The largest absolute Gasteiger partial charge is 0.261 e. The van der Waals surface area contributed by atoms with Crippen molar-refractivity contribution in [3.8, 4) is 0 Å². The van der Waals surface area contributed by atoms with Gasteiger partial charge in [0.1, 0.15) is 0 Å². The van der Waals surface area contributed by atoms with Crippen LogP contribution in [0, 0.1) is 0 Å². The molecule has 0 aliphatic carbocycles. The minimum absolute atomic E-state index is 0.0854. The molecule has 0 aliphatic rings. The van der Waals surface area contributed by atoms with Crippen LogP contribution in [0.4, 0.5) is 0 Å². The lowest BCUT2D eigenvalue weighted by Crippen LogP contribution is -2.00. The molecule has 0 fully saturated rings. The predicted octanol–water partition coefficient (Wildman–Crippen LogP) is 3.06. The fraction of sp³-hybridized carbons (Fsp3) is 0. The molecule has 0 spiro atoms. The summed E-state index contributed by atoms with van der Waals surface area (Å²) in [4.78, 5) is 4.07. The van der Waals surface area contributed by atoms with Crippen LogP contribution in [-0.2, 0) is 18.9 Å². The van der Waals surface area contributed by atoms with Crippen LogP contribution >= 0.6 is 22.0 Å². The molecule has 0 unspecified atom stereocenters. The van der Waals surface area contributed by atoms with Crippen molar-refractivity contribution in [2.75, 3.05) is 0 Å². The number of benzene rings is 2. The molecule has 0 N–H and O–H groups in total. The van der Waals surface area contributed by atoms with E-state index < -0.39 is 18.9 Å². The van der Waals surface area contributed by atoms with Gasteiger partial charge in [-0.05, 0) is 30.3 Å². The van der Waals surface area contributed by atoms with Gasteiger partial charge in [0, 0.05) is 10.7 Å². The molecule has 0 bridgehead atoms. The van der Waals surface area contributed by atoms with Crippen LogP contribution in [0.1, 0.15) is 0 Å². The Morgan fingerprint density at radius 1 is 0.909 bits per heavy atom. The molecule has 0 saturated heterocycles. The van der Waals surface area contributed by atoms with Crippen LogP contribution < -0.4 is 0 Å². The van der Waals surface area contributed by atoms with E-state index in [0.29, 0.717) is 4.70 Å². The summed E-state index contributed by atoms with van der Waals surface area (Å²) in [7, 11) is -2.33. The Labute approximate surface area is 135 Å². The molecule has 22 heavy (non-hydrogen) atoms. The molecule has 0 amide bonds. The summed E-state index contributed by atoms with van der Waals surface area (Å²) in [5.74, 6) is 0. The minimum Gasteiger partial charge on any atom is -0.225 e. The Hall–Kier alpha value is -1.48. The number of nitrogens with zero attached hydrogens (tertiary/aromatic N) is 1. The van der Waals surface area contributed by atoms with Crippen LogP contribution in [0.2, 0.25) is 0 Å². The second kappa shape index (κ2) is 5.31. The lowest BCUT2D eigenvalue weighted by molar-refractivity contribution is 0.595. The van der Waals surface area contributed by atoms with E-state index in [1.165, 1.54) is 30.3 Å². The monoisotopic (exact) mass is 373 g/mol. The summed E-state index contributed by atoms with van der Waals surface area (Å²) in [5, 5.41) is 0. The first-order valence-electron chi connectivity index (χ1n) is 5.94. The fourth-order valence-corrected chi connectivity index (χ4v) is 5.23. The van der Waals surface area contributed by atoms with Gasteiger partial charge in [0.15, 0.2) is 0 Å². The van der Waals surface area contributed by atoms with Gasteiger partial charge in [0.05, 0.1) is 20.0 Å². The molecule has 3 aromatic rings. The number of fused-ring (bicyclic) bond motifs is 1. The van der Waals surface area contributed by atoms with Gasteiger partial charge in [-0.2, -0.15) is 0 Å². The van der Waals surface area contributed by atoms with Crippen molar-refractivity contribution in [3.63, 3.8) is 0 Å². The van der Waals surface area contributed by atoms with Crippen molar-refractivity contribution in [3.05, 3.63) is 48.5 Å². The fourth-order valence-electron chi connectivity index (χ4n) is 1.85. The second-order valence-electron chi connectivity index (χ2n) is 4.36. The van der Waals surface area contributed by atoms with E-state index in [9.17, 15) is 16.8 Å². The average molecular weight is 374 g/mol. The SMILES string of the molecule is O=S(=O)(Cl)c1ccc2sc(S(=O)(=O)c3ccccc3)nc2c1. The summed E-state index contributed by atoms with van der Waals surface area (Å²) in [5.41, 5.74) is 0.279. The van der Waals surface area contributed by atoms with Gasteiger partial charge >= 0.3 is 0 Å². The van der Waals surface area contributed by atoms with Crippen LogP contribution in [0.25, 0.3) is 10.2 Å². The number of aromatic nitrogens is 1. The van der Waals surface area contributed by atoms with E-state index in [1.54, 1.807) is 18.2 Å². The highest BCUT2D eigenvalue weighted by Gasteiger charge is 2.22. The highest BCUT2D eigenvalue weighted by atomic mass is 35.7. The second-order valence-corrected chi connectivity index (χ2v) is 10.1. The van der Waals surface area contributed by atoms with Gasteiger partial charge in [0.2, 0.25) is 14.2 Å². The van der Waals surface area contributed by atoms with Gasteiger partial charge in [-0.3, -0.25) is 0 Å². The van der Waals surface area contributed by atoms with Gasteiger partial charge in [0.25, 0.3) is 9.05 Å². The van der Waals surface area contributed by atoms with Gasteiger partial charge < -0.3 is 0 Å². The molecule has 114 valence electrons. The lowest BCUT2D eigenvalue weighted by Gasteiger charge is -1.98. The van der Waals surface area contributed by atoms with Gasteiger partial charge in [-0.15, -0.1) is 11.3 Å². The number of rotatable bonds is 3. The van der Waals surface area contributed by atoms with E-state index >= 15 is 0 Å². The molecule has 5 nitrogen and oxygen atoms in total. The zero-order chi connectivity index (χ0) is 16.0. The normalized spacial score (nSPS) is 12.6. The molecule has 1 heterocycles. The van der Waals surface area contributed by atoms with Crippen molar-refractivity contribution in [2.45, 2.75) is 14.1 Å². The molecule has 3 rings (SSSR count). The Kier molecular flexibility index (Phi) is 3.72. The third kappa shape index (κ3) is 2.74. The van der Waals surface area contributed by atoms with Crippen LogP contribution in [0.3, 0.4) is 0 Å². The first kappa shape index (κ1) is 15.4. The van der Waals surface area contributed by atoms with E-state index in [4.69, 9.17) is 10.7 Å². The topological polar surface area (TPSA) is 81.2 Å². The quantitative estimate of drug-likeness (QED) is 0.659. The Bertz CT molecular complexity index is 1060. The van der Waals surface area contributed by atoms with Crippen molar-refractivity contribution in [1.82, 2.24) is 4.98 Å². The van der Waals surface area contributed by atoms with Crippen LogP contribution in [-0.4, -0.2) is 21.8 Å². The zero-order valence-corrected chi connectivity index (χ0v) is 14.0. The van der Waals surface area contributed by atoms with Crippen molar-refractivity contribution in [1.29, 1.82) is 0 Å². The predicted molar refractivity (Wildman–Crippen MR) is 84.6 cm³/mol. The number of sulfone groups is 1. The third-order valence-corrected chi connectivity index (χ3v) is 7.44. The van der Waals surface area contributed by atoms with Crippen molar-refractivity contribution < 1.29 is 16.8 Å². The standard InChI is InChI=1S/C13H8ClNO4S3/c14-22(18,19)10-6-7-12-11(8-10)15-13(20-12)21(16,17)9-4-2-1-3-5-9/h1-8H. The Morgan fingerprint density at radius 2 is 1.59 bits per heavy atom. The minimum atomic E-state index is -3.89. The first-order chi connectivity index (χ1) is 10.3. The highest BCUT2D eigenvalue weighted by molar-refractivity contribution is 8.13. The molecule has 0 radical (unpaired) electrons. The van der Waals surface area contributed by atoms with Crippen LogP contribution in [0.5, 0.6) is 0 Å². The lowest BCUT2D eigenvalue weighted by atomic mass is 10.3. The van der Waals surface area contributed by atoms with Crippen molar-refractivity contribution >= 4 is 51.1 Å². The molecule has 0 atom stereocenters. The summed E-state index contributed by atoms with van der Waals surface area (Å²) < 4.78 is 48.1. The average Bonchev–Trinajstić information content (AvgIpc) is 2.91. The third-order valence-electron chi connectivity index (χ3n) is 2.90. The number of thiazole rings is 1. The molecular formula is C13H8ClNO4S3. The maximum atomic E-state index is 12.5. The zero-order valence-electron chi connectivity index (χ0n) is 10.8. The van der Waals surface area contributed by atoms with Crippen LogP contribution in [0.15, 0.2) is 62.7 Å². The Morgan fingerprint density at radius 3 is 2.23 bits per heavy atom. The molecule has 1 aromatic heterocycles.